The van der Waals surface area contributed by atoms with E-state index in [2.05, 4.69) is 10.1 Å². The molecule has 150 valence electrons. The Kier molecular flexibility index (Phi) is 4.75. The molecule has 3 aromatic rings. The van der Waals surface area contributed by atoms with Gasteiger partial charge in [-0.05, 0) is 36.6 Å². The van der Waals surface area contributed by atoms with Crippen molar-refractivity contribution in [2.24, 2.45) is 5.41 Å². The van der Waals surface area contributed by atoms with Crippen molar-refractivity contribution in [3.05, 3.63) is 65.9 Å². The van der Waals surface area contributed by atoms with E-state index in [4.69, 9.17) is 0 Å². The third-order valence-corrected chi connectivity index (χ3v) is 5.38. The number of aliphatic hydroxyl groups excluding tert-OH is 1. The van der Waals surface area contributed by atoms with Gasteiger partial charge in [0.25, 0.3) is 5.91 Å². The summed E-state index contributed by atoms with van der Waals surface area (Å²) in [6.45, 7) is 0.0285. The molecule has 9 heteroatoms. The summed E-state index contributed by atoms with van der Waals surface area (Å²) in [7, 11) is 0. The van der Waals surface area contributed by atoms with Gasteiger partial charge in [0.1, 0.15) is 11.2 Å². The molecule has 0 saturated carbocycles. The van der Waals surface area contributed by atoms with Gasteiger partial charge in [-0.2, -0.15) is 5.10 Å². The van der Waals surface area contributed by atoms with E-state index in [1.165, 1.54) is 39.7 Å². The van der Waals surface area contributed by atoms with Crippen LogP contribution in [0.4, 0.5) is 4.39 Å². The number of hydrogen-bond donors (Lipinski definition) is 2. The SMILES string of the molecule is O=C(c1cc2ncccn2n1)N1CC[C@@H](O)[C@](Cc2ccc(F)cc2)(C(=O)O)C1. The number of carbonyl (C=O) groups is 2. The number of likely N-dealkylation sites (tertiary alicyclic amines) is 1. The lowest BCUT2D eigenvalue weighted by atomic mass is 9.72. The minimum absolute atomic E-state index is 0.0275. The molecule has 1 saturated heterocycles. The van der Waals surface area contributed by atoms with Crippen molar-refractivity contribution in [1.29, 1.82) is 0 Å². The normalized spacial score (nSPS) is 22.0. The topological polar surface area (TPSA) is 108 Å². The van der Waals surface area contributed by atoms with Gasteiger partial charge < -0.3 is 15.1 Å². The van der Waals surface area contributed by atoms with Crippen molar-refractivity contribution < 1.29 is 24.2 Å². The molecule has 2 N–H and O–H groups in total. The zero-order chi connectivity index (χ0) is 20.6. The standard InChI is InChI=1S/C20H19FN4O4/c21-14-4-2-13(3-5-14)11-20(19(28)29)12-24(9-6-16(20)26)18(27)15-10-17-22-7-1-8-25(17)23-15/h1-5,7-8,10,16,26H,6,9,11-12H2,(H,28,29)/t16-,20-/m1/s1. The average molecular weight is 398 g/mol. The summed E-state index contributed by atoms with van der Waals surface area (Å²) in [4.78, 5) is 30.7. The second-order valence-electron chi connectivity index (χ2n) is 7.25. The van der Waals surface area contributed by atoms with Crippen LogP contribution in [0.3, 0.4) is 0 Å². The van der Waals surface area contributed by atoms with Crippen LogP contribution in [0.1, 0.15) is 22.5 Å². The Hall–Kier alpha value is -3.33. The second kappa shape index (κ2) is 7.25. The number of carbonyl (C=O) groups excluding carboxylic acids is 1. The maximum atomic E-state index is 13.2. The number of aliphatic hydroxyl groups is 1. The Morgan fingerprint density at radius 3 is 2.72 bits per heavy atom. The molecule has 0 aliphatic carbocycles. The summed E-state index contributed by atoms with van der Waals surface area (Å²) >= 11 is 0. The molecule has 8 nitrogen and oxygen atoms in total. The molecule has 2 aromatic heterocycles. The second-order valence-corrected chi connectivity index (χ2v) is 7.25. The minimum atomic E-state index is -1.59. The van der Waals surface area contributed by atoms with Crippen LogP contribution in [-0.4, -0.2) is 60.8 Å². The van der Waals surface area contributed by atoms with Crippen LogP contribution in [0.2, 0.25) is 0 Å². The molecule has 0 unspecified atom stereocenters. The summed E-state index contributed by atoms with van der Waals surface area (Å²) in [5.41, 5.74) is -0.368. The fourth-order valence-electron chi connectivity index (χ4n) is 3.78. The molecule has 0 radical (unpaired) electrons. The number of amides is 1. The van der Waals surface area contributed by atoms with Gasteiger partial charge in [0.05, 0.1) is 6.10 Å². The molecule has 1 aliphatic heterocycles. The van der Waals surface area contributed by atoms with Crippen molar-refractivity contribution in [1.82, 2.24) is 19.5 Å². The number of aliphatic carboxylic acids is 1. The molecule has 1 amide bonds. The number of carboxylic acids is 1. The number of piperidine rings is 1. The van der Waals surface area contributed by atoms with E-state index in [9.17, 15) is 24.2 Å². The Labute approximate surface area is 165 Å². The van der Waals surface area contributed by atoms with Crippen LogP contribution in [0.25, 0.3) is 5.65 Å². The molecule has 0 spiro atoms. The van der Waals surface area contributed by atoms with E-state index >= 15 is 0 Å². The summed E-state index contributed by atoms with van der Waals surface area (Å²) in [5.74, 6) is -2.06. The highest BCUT2D eigenvalue weighted by Gasteiger charge is 2.50. The first-order chi connectivity index (χ1) is 13.9. The fourth-order valence-corrected chi connectivity index (χ4v) is 3.78. The number of fused-ring (bicyclic) bond motifs is 1. The number of carboxylic acid groups (broad SMARTS) is 1. The van der Waals surface area contributed by atoms with Gasteiger partial charge in [0.2, 0.25) is 0 Å². The highest BCUT2D eigenvalue weighted by Crippen LogP contribution is 2.35. The largest absolute Gasteiger partial charge is 0.481 e. The van der Waals surface area contributed by atoms with Crippen LogP contribution in [0.5, 0.6) is 0 Å². The maximum absolute atomic E-state index is 13.2. The van der Waals surface area contributed by atoms with Crippen molar-refractivity contribution in [2.45, 2.75) is 18.9 Å². The van der Waals surface area contributed by atoms with Crippen LogP contribution >= 0.6 is 0 Å². The molecule has 1 aromatic carbocycles. The lowest BCUT2D eigenvalue weighted by molar-refractivity contribution is -0.161. The Bertz CT molecular complexity index is 1030. The van der Waals surface area contributed by atoms with Crippen LogP contribution in [0, 0.1) is 11.2 Å². The molecule has 1 aliphatic rings. The van der Waals surface area contributed by atoms with Gasteiger partial charge in [0.15, 0.2) is 11.3 Å². The number of halogens is 1. The summed E-state index contributed by atoms with van der Waals surface area (Å²) in [6.07, 6.45) is 2.19. The molecule has 2 atom stereocenters. The van der Waals surface area contributed by atoms with E-state index in [-0.39, 0.29) is 31.6 Å². The number of rotatable bonds is 4. The number of benzene rings is 1. The van der Waals surface area contributed by atoms with E-state index in [0.29, 0.717) is 11.2 Å². The smallest absolute Gasteiger partial charge is 0.314 e. The van der Waals surface area contributed by atoms with Crippen molar-refractivity contribution in [2.75, 3.05) is 13.1 Å². The number of hydrogen-bond acceptors (Lipinski definition) is 5. The van der Waals surface area contributed by atoms with Crippen LogP contribution in [0.15, 0.2) is 48.8 Å². The first kappa shape index (κ1) is 19.0. The third kappa shape index (κ3) is 3.44. The summed E-state index contributed by atoms with van der Waals surface area (Å²) in [5, 5.41) is 24.7. The first-order valence-electron chi connectivity index (χ1n) is 9.15. The van der Waals surface area contributed by atoms with Gasteiger partial charge in [-0.3, -0.25) is 9.59 Å². The van der Waals surface area contributed by atoms with E-state index in [0.717, 1.165) is 0 Å². The van der Waals surface area contributed by atoms with Crippen molar-refractivity contribution in [3.8, 4) is 0 Å². The lowest BCUT2D eigenvalue weighted by Crippen LogP contribution is -2.58. The molecule has 4 rings (SSSR count). The maximum Gasteiger partial charge on any atom is 0.314 e. The molecular formula is C20H19FN4O4. The van der Waals surface area contributed by atoms with E-state index in [1.54, 1.807) is 18.5 Å². The molecule has 29 heavy (non-hydrogen) atoms. The molecular weight excluding hydrogens is 379 g/mol. The number of nitrogens with zero attached hydrogens (tertiary/aromatic N) is 4. The van der Waals surface area contributed by atoms with Crippen LogP contribution < -0.4 is 0 Å². The highest BCUT2D eigenvalue weighted by atomic mass is 19.1. The van der Waals surface area contributed by atoms with E-state index < -0.39 is 29.2 Å². The first-order valence-corrected chi connectivity index (χ1v) is 9.15. The molecule has 3 heterocycles. The third-order valence-electron chi connectivity index (χ3n) is 5.38. The Balaban J connectivity index is 1.63. The van der Waals surface area contributed by atoms with Gasteiger partial charge in [0, 0.05) is 31.5 Å². The van der Waals surface area contributed by atoms with Crippen LogP contribution in [-0.2, 0) is 11.2 Å². The summed E-state index contributed by atoms with van der Waals surface area (Å²) < 4.78 is 14.7. The highest BCUT2D eigenvalue weighted by molar-refractivity contribution is 5.94. The van der Waals surface area contributed by atoms with Gasteiger partial charge in [-0.1, -0.05) is 12.1 Å². The summed E-state index contributed by atoms with van der Waals surface area (Å²) in [6, 6.07) is 8.68. The number of aromatic nitrogens is 3. The monoisotopic (exact) mass is 398 g/mol. The van der Waals surface area contributed by atoms with Gasteiger partial charge in [-0.15, -0.1) is 0 Å². The van der Waals surface area contributed by atoms with E-state index in [1.807, 2.05) is 0 Å². The zero-order valence-corrected chi connectivity index (χ0v) is 15.4. The zero-order valence-electron chi connectivity index (χ0n) is 15.4. The van der Waals surface area contributed by atoms with Gasteiger partial charge in [-0.25, -0.2) is 13.9 Å². The Morgan fingerprint density at radius 1 is 1.28 bits per heavy atom. The molecule has 1 fully saturated rings. The fraction of sp³-hybridized carbons (Fsp3) is 0.300. The van der Waals surface area contributed by atoms with Crippen molar-refractivity contribution >= 4 is 17.5 Å². The Morgan fingerprint density at radius 2 is 2.03 bits per heavy atom. The minimum Gasteiger partial charge on any atom is -0.481 e. The predicted molar refractivity (Wildman–Crippen MR) is 99.7 cm³/mol. The quantitative estimate of drug-likeness (QED) is 0.688. The predicted octanol–water partition coefficient (Wildman–Crippen LogP) is 1.39. The van der Waals surface area contributed by atoms with Crippen molar-refractivity contribution in [3.63, 3.8) is 0 Å². The molecule has 0 bridgehead atoms. The van der Waals surface area contributed by atoms with Gasteiger partial charge >= 0.3 is 5.97 Å². The average Bonchev–Trinajstić information content (AvgIpc) is 3.15. The lowest BCUT2D eigenvalue weighted by Gasteiger charge is -2.43.